The predicted octanol–water partition coefficient (Wildman–Crippen LogP) is 2.69. The molecule has 2 aliphatic heterocycles. The summed E-state index contributed by atoms with van der Waals surface area (Å²) >= 11 is 0. The number of nitrogens with zero attached hydrogens (tertiary/aromatic N) is 3. The van der Waals surface area contributed by atoms with Gasteiger partial charge in [-0.15, -0.1) is 0 Å². The molecular formula is C17H26N4O. The van der Waals surface area contributed by atoms with E-state index in [1.165, 1.54) is 38.5 Å². The van der Waals surface area contributed by atoms with E-state index < -0.39 is 0 Å². The maximum Gasteiger partial charge on any atom is 0.134 e. The zero-order valence-corrected chi connectivity index (χ0v) is 13.2. The van der Waals surface area contributed by atoms with E-state index in [1.807, 2.05) is 0 Å². The first-order valence-corrected chi connectivity index (χ1v) is 8.81. The van der Waals surface area contributed by atoms with Crippen molar-refractivity contribution in [1.82, 2.24) is 9.97 Å². The highest BCUT2D eigenvalue weighted by atomic mass is 16.5. The van der Waals surface area contributed by atoms with E-state index in [0.29, 0.717) is 6.10 Å². The normalized spacial score (nSPS) is 26.4. The first kappa shape index (κ1) is 14.2. The molecule has 1 unspecified atom stereocenters. The fourth-order valence-corrected chi connectivity index (χ4v) is 3.66. The topological polar surface area (TPSA) is 50.3 Å². The van der Waals surface area contributed by atoms with Crippen molar-refractivity contribution >= 4 is 11.6 Å². The molecule has 3 fully saturated rings. The van der Waals surface area contributed by atoms with Crippen LogP contribution in [0.2, 0.25) is 0 Å². The second-order valence-electron chi connectivity index (χ2n) is 6.96. The summed E-state index contributed by atoms with van der Waals surface area (Å²) in [5.74, 6) is 3.64. The van der Waals surface area contributed by atoms with Crippen LogP contribution in [0.1, 0.15) is 38.5 Å². The monoisotopic (exact) mass is 302 g/mol. The molecule has 120 valence electrons. The van der Waals surface area contributed by atoms with Crippen molar-refractivity contribution in [3.8, 4) is 0 Å². The largest absolute Gasteiger partial charge is 0.378 e. The van der Waals surface area contributed by atoms with Gasteiger partial charge in [0.15, 0.2) is 0 Å². The first-order valence-electron chi connectivity index (χ1n) is 8.81. The molecule has 22 heavy (non-hydrogen) atoms. The standard InChI is InChI=1S/C17H26N4O/c1-2-15(22-9-1)14-5-7-21(8-6-14)17-10-16(19-12-20-17)18-11-13-3-4-13/h10,12-15H,1-9,11H2,(H,18,19,20). The van der Waals surface area contributed by atoms with Crippen LogP contribution < -0.4 is 10.2 Å². The van der Waals surface area contributed by atoms with Gasteiger partial charge in [-0.3, -0.25) is 0 Å². The molecule has 1 aromatic heterocycles. The van der Waals surface area contributed by atoms with Crippen LogP contribution in [0.25, 0.3) is 0 Å². The van der Waals surface area contributed by atoms with E-state index in [4.69, 9.17) is 4.74 Å². The molecule has 2 saturated heterocycles. The summed E-state index contributed by atoms with van der Waals surface area (Å²) in [6, 6.07) is 2.11. The lowest BCUT2D eigenvalue weighted by atomic mass is 9.90. The average Bonchev–Trinajstić information content (AvgIpc) is 3.25. The van der Waals surface area contributed by atoms with E-state index in [1.54, 1.807) is 6.33 Å². The highest BCUT2D eigenvalue weighted by Gasteiger charge is 2.30. The number of rotatable bonds is 5. The third-order valence-electron chi connectivity index (χ3n) is 5.28. The van der Waals surface area contributed by atoms with Gasteiger partial charge in [0.1, 0.15) is 18.0 Å². The number of ether oxygens (including phenoxy) is 1. The molecule has 0 bridgehead atoms. The van der Waals surface area contributed by atoms with E-state index in [0.717, 1.165) is 49.7 Å². The van der Waals surface area contributed by atoms with Gasteiger partial charge >= 0.3 is 0 Å². The fraction of sp³-hybridized carbons (Fsp3) is 0.765. The Morgan fingerprint density at radius 1 is 1.14 bits per heavy atom. The van der Waals surface area contributed by atoms with Gasteiger partial charge in [0.05, 0.1) is 6.10 Å². The van der Waals surface area contributed by atoms with Gasteiger partial charge < -0.3 is 15.0 Å². The molecule has 4 rings (SSSR count). The number of hydrogen-bond acceptors (Lipinski definition) is 5. The molecule has 1 aromatic rings. The third-order valence-corrected chi connectivity index (χ3v) is 5.28. The number of piperidine rings is 1. The SMILES string of the molecule is c1nc(NCC2CC2)cc(N2CCC(C3CCCO3)CC2)n1. The second kappa shape index (κ2) is 6.41. The van der Waals surface area contributed by atoms with Crippen molar-refractivity contribution in [2.24, 2.45) is 11.8 Å². The Morgan fingerprint density at radius 2 is 2.00 bits per heavy atom. The zero-order valence-electron chi connectivity index (χ0n) is 13.2. The minimum absolute atomic E-state index is 0.517. The molecule has 5 heteroatoms. The lowest BCUT2D eigenvalue weighted by Gasteiger charge is -2.35. The van der Waals surface area contributed by atoms with Crippen LogP contribution >= 0.6 is 0 Å². The molecule has 1 atom stereocenters. The lowest BCUT2D eigenvalue weighted by Crippen LogP contribution is -2.38. The Hall–Kier alpha value is -1.36. The number of aromatic nitrogens is 2. The lowest BCUT2D eigenvalue weighted by molar-refractivity contribution is 0.0531. The third kappa shape index (κ3) is 3.35. The zero-order chi connectivity index (χ0) is 14.8. The highest BCUT2D eigenvalue weighted by Crippen LogP contribution is 2.31. The minimum Gasteiger partial charge on any atom is -0.378 e. The smallest absolute Gasteiger partial charge is 0.134 e. The Bertz CT molecular complexity index is 491. The summed E-state index contributed by atoms with van der Waals surface area (Å²) in [6.45, 7) is 4.19. The Kier molecular flexibility index (Phi) is 4.15. The number of nitrogens with one attached hydrogen (secondary N) is 1. The summed E-state index contributed by atoms with van der Waals surface area (Å²) < 4.78 is 5.86. The summed E-state index contributed by atoms with van der Waals surface area (Å²) in [5.41, 5.74) is 0. The molecule has 1 N–H and O–H groups in total. The van der Waals surface area contributed by atoms with Crippen molar-refractivity contribution in [2.75, 3.05) is 36.5 Å². The van der Waals surface area contributed by atoms with E-state index in [9.17, 15) is 0 Å². The maximum atomic E-state index is 5.86. The van der Waals surface area contributed by atoms with Crippen LogP contribution in [0.4, 0.5) is 11.6 Å². The van der Waals surface area contributed by atoms with Crippen LogP contribution in [0.5, 0.6) is 0 Å². The Labute approximate surface area is 132 Å². The molecule has 3 aliphatic rings. The minimum atomic E-state index is 0.517. The van der Waals surface area contributed by atoms with E-state index >= 15 is 0 Å². The van der Waals surface area contributed by atoms with Crippen LogP contribution in [0.15, 0.2) is 12.4 Å². The molecule has 0 amide bonds. The van der Waals surface area contributed by atoms with Crippen molar-refractivity contribution in [1.29, 1.82) is 0 Å². The van der Waals surface area contributed by atoms with Gasteiger partial charge in [-0.05, 0) is 50.4 Å². The number of hydrogen-bond donors (Lipinski definition) is 1. The molecule has 0 spiro atoms. The van der Waals surface area contributed by atoms with Gasteiger partial charge in [-0.1, -0.05) is 0 Å². The van der Waals surface area contributed by atoms with Gasteiger partial charge in [0.2, 0.25) is 0 Å². The van der Waals surface area contributed by atoms with Crippen molar-refractivity contribution < 1.29 is 4.74 Å². The van der Waals surface area contributed by atoms with Crippen molar-refractivity contribution in [2.45, 2.75) is 44.6 Å². The molecular weight excluding hydrogens is 276 g/mol. The predicted molar refractivity (Wildman–Crippen MR) is 87.2 cm³/mol. The van der Waals surface area contributed by atoms with Gasteiger partial charge in [0, 0.05) is 32.3 Å². The molecule has 5 nitrogen and oxygen atoms in total. The van der Waals surface area contributed by atoms with Crippen molar-refractivity contribution in [3.05, 3.63) is 12.4 Å². The fourth-order valence-electron chi connectivity index (χ4n) is 3.66. The summed E-state index contributed by atoms with van der Waals surface area (Å²) in [6.07, 6.45) is 9.88. The Balaban J connectivity index is 1.33. The van der Waals surface area contributed by atoms with Crippen LogP contribution in [0, 0.1) is 11.8 Å². The van der Waals surface area contributed by atoms with Gasteiger partial charge in [0.25, 0.3) is 0 Å². The van der Waals surface area contributed by atoms with Gasteiger partial charge in [-0.25, -0.2) is 9.97 Å². The molecule has 0 radical (unpaired) electrons. The number of anilines is 2. The van der Waals surface area contributed by atoms with E-state index in [-0.39, 0.29) is 0 Å². The van der Waals surface area contributed by atoms with Crippen molar-refractivity contribution in [3.63, 3.8) is 0 Å². The molecule has 0 aromatic carbocycles. The maximum absolute atomic E-state index is 5.86. The van der Waals surface area contributed by atoms with Crippen LogP contribution in [0.3, 0.4) is 0 Å². The highest BCUT2D eigenvalue weighted by molar-refractivity contribution is 5.48. The quantitative estimate of drug-likeness (QED) is 0.906. The van der Waals surface area contributed by atoms with Gasteiger partial charge in [-0.2, -0.15) is 0 Å². The van der Waals surface area contributed by atoms with E-state index in [2.05, 4.69) is 26.3 Å². The Morgan fingerprint density at radius 3 is 2.73 bits per heavy atom. The first-order chi connectivity index (χ1) is 10.9. The van der Waals surface area contributed by atoms with Crippen LogP contribution in [-0.4, -0.2) is 42.3 Å². The summed E-state index contributed by atoms with van der Waals surface area (Å²) in [5, 5.41) is 3.44. The second-order valence-corrected chi connectivity index (χ2v) is 6.96. The molecule has 1 saturated carbocycles. The molecule has 3 heterocycles. The summed E-state index contributed by atoms with van der Waals surface area (Å²) in [4.78, 5) is 11.2. The molecule has 1 aliphatic carbocycles. The van der Waals surface area contributed by atoms with Crippen LogP contribution in [-0.2, 0) is 4.74 Å². The average molecular weight is 302 g/mol. The summed E-state index contributed by atoms with van der Waals surface area (Å²) in [7, 11) is 0.